The van der Waals surface area contributed by atoms with Gasteiger partial charge in [-0.25, -0.2) is 0 Å². The Morgan fingerprint density at radius 3 is 2.27 bits per heavy atom. The van der Waals surface area contributed by atoms with E-state index < -0.39 is 3.79 Å². The van der Waals surface area contributed by atoms with E-state index in [0.29, 0.717) is 9.78 Å². The van der Waals surface area contributed by atoms with Gasteiger partial charge >= 0.3 is 0 Å². The normalized spacial score (nSPS) is 12.0. The van der Waals surface area contributed by atoms with Gasteiger partial charge in [0, 0.05) is 7.05 Å². The predicted molar refractivity (Wildman–Crippen MR) is 51.2 cm³/mol. The van der Waals surface area contributed by atoms with E-state index in [2.05, 4.69) is 4.37 Å². The fourth-order valence-corrected chi connectivity index (χ4v) is 2.02. The predicted octanol–water partition coefficient (Wildman–Crippen LogP) is 3.04. The van der Waals surface area contributed by atoms with Crippen molar-refractivity contribution in [2.24, 2.45) is 7.05 Å². The van der Waals surface area contributed by atoms with Crippen molar-refractivity contribution in [2.75, 3.05) is 0 Å². The van der Waals surface area contributed by atoms with E-state index in [9.17, 15) is 0 Å². The van der Waals surface area contributed by atoms with Crippen LogP contribution in [-0.2, 0) is 10.8 Å². The molecule has 0 aliphatic carbocycles. The molecule has 0 aliphatic rings. The fourth-order valence-electron chi connectivity index (χ4n) is 0.533. The van der Waals surface area contributed by atoms with E-state index in [-0.39, 0.29) is 0 Å². The zero-order chi connectivity index (χ0) is 8.65. The molecule has 0 unspecified atom stereocenters. The molecule has 0 saturated carbocycles. The monoisotopic (exact) mass is 248 g/mol. The molecule has 0 spiro atoms. The Hall–Kier alpha value is 0.650. The maximum Gasteiger partial charge on any atom is 0.249 e. The Kier molecular flexibility index (Phi) is 2.82. The molecule has 0 fully saturated rings. The van der Waals surface area contributed by atoms with E-state index in [1.807, 2.05) is 0 Å². The molecule has 0 aromatic carbocycles. The van der Waals surface area contributed by atoms with E-state index in [4.69, 9.17) is 47.0 Å². The SMILES string of the molecule is Cn1c(C(Cl)(Cl)Cl)nsc1=S. The largest absolute Gasteiger partial charge is 0.310 e. The molecule has 0 saturated heterocycles. The summed E-state index contributed by atoms with van der Waals surface area (Å²) in [6, 6.07) is 0. The van der Waals surface area contributed by atoms with Crippen LogP contribution in [0.25, 0.3) is 0 Å². The Morgan fingerprint density at radius 1 is 1.55 bits per heavy atom. The summed E-state index contributed by atoms with van der Waals surface area (Å²) in [6.07, 6.45) is 0. The van der Waals surface area contributed by atoms with Gasteiger partial charge in [0.05, 0.1) is 0 Å². The second-order valence-electron chi connectivity index (χ2n) is 1.83. The van der Waals surface area contributed by atoms with Gasteiger partial charge in [0.2, 0.25) is 3.79 Å². The third-order valence-corrected chi connectivity index (χ3v) is 2.75. The van der Waals surface area contributed by atoms with Gasteiger partial charge in [-0.3, -0.25) is 0 Å². The summed E-state index contributed by atoms with van der Waals surface area (Å²) in [4.78, 5) is 0. The summed E-state index contributed by atoms with van der Waals surface area (Å²) >= 11 is 22.8. The third kappa shape index (κ3) is 2.06. The second kappa shape index (κ2) is 3.18. The smallest absolute Gasteiger partial charge is 0.249 e. The van der Waals surface area contributed by atoms with Crippen LogP contribution < -0.4 is 0 Å². The zero-order valence-electron chi connectivity index (χ0n) is 5.34. The summed E-state index contributed by atoms with van der Waals surface area (Å²) in [6.45, 7) is 0. The lowest BCUT2D eigenvalue weighted by molar-refractivity contribution is 0.810. The summed E-state index contributed by atoms with van der Waals surface area (Å²) in [7, 11) is 1.71. The highest BCUT2D eigenvalue weighted by Crippen LogP contribution is 2.37. The summed E-state index contributed by atoms with van der Waals surface area (Å²) in [5.74, 6) is 0.359. The molecule has 2 nitrogen and oxygen atoms in total. The summed E-state index contributed by atoms with van der Waals surface area (Å²) < 4.78 is 4.57. The molecule has 1 heterocycles. The van der Waals surface area contributed by atoms with Crippen LogP contribution in [0.1, 0.15) is 5.82 Å². The first-order valence-corrected chi connectivity index (χ1v) is 4.84. The molecular formula is C4H3Cl3N2S2. The second-order valence-corrected chi connectivity index (χ2v) is 5.51. The molecule has 1 aromatic heterocycles. The average molecular weight is 250 g/mol. The maximum absolute atomic E-state index is 5.59. The van der Waals surface area contributed by atoms with Gasteiger partial charge in [-0.05, 0) is 23.8 Å². The van der Waals surface area contributed by atoms with Crippen molar-refractivity contribution in [3.05, 3.63) is 9.78 Å². The van der Waals surface area contributed by atoms with Crippen molar-refractivity contribution < 1.29 is 0 Å². The van der Waals surface area contributed by atoms with Gasteiger partial charge in [0.25, 0.3) is 0 Å². The highest BCUT2D eigenvalue weighted by molar-refractivity contribution is 7.73. The van der Waals surface area contributed by atoms with Gasteiger partial charge in [-0.1, -0.05) is 34.8 Å². The van der Waals surface area contributed by atoms with Crippen molar-refractivity contribution >= 4 is 58.6 Å². The minimum Gasteiger partial charge on any atom is -0.310 e. The summed E-state index contributed by atoms with van der Waals surface area (Å²) in [5, 5.41) is 0. The standard InChI is InChI=1S/C4H3Cl3N2S2/c1-9-2(4(5,6)7)8-11-3(9)10/h1H3. The first kappa shape index (κ1) is 9.74. The number of aromatic nitrogens is 2. The minimum absolute atomic E-state index is 0.359. The fraction of sp³-hybridized carbons (Fsp3) is 0.500. The van der Waals surface area contributed by atoms with Gasteiger partial charge in [-0.2, -0.15) is 4.37 Å². The molecular weight excluding hydrogens is 247 g/mol. The number of rotatable bonds is 0. The Labute approximate surface area is 87.9 Å². The van der Waals surface area contributed by atoms with Crippen LogP contribution in [0.4, 0.5) is 0 Å². The number of halogens is 3. The minimum atomic E-state index is -1.48. The van der Waals surface area contributed by atoms with Crippen LogP contribution in [0.3, 0.4) is 0 Å². The van der Waals surface area contributed by atoms with Crippen LogP contribution in [0.2, 0.25) is 0 Å². The van der Waals surface area contributed by atoms with Crippen molar-refractivity contribution in [1.29, 1.82) is 0 Å². The van der Waals surface area contributed by atoms with Crippen LogP contribution in [-0.4, -0.2) is 8.94 Å². The quantitative estimate of drug-likeness (QED) is 0.520. The van der Waals surface area contributed by atoms with E-state index >= 15 is 0 Å². The lowest BCUT2D eigenvalue weighted by Gasteiger charge is -2.08. The van der Waals surface area contributed by atoms with Crippen molar-refractivity contribution in [1.82, 2.24) is 8.94 Å². The molecule has 0 amide bonds. The first-order chi connectivity index (χ1) is 4.93. The van der Waals surface area contributed by atoms with E-state index in [0.717, 1.165) is 11.5 Å². The number of hydrogen-bond acceptors (Lipinski definition) is 3. The molecule has 1 rings (SSSR count). The Morgan fingerprint density at radius 2 is 2.09 bits per heavy atom. The van der Waals surface area contributed by atoms with Crippen molar-refractivity contribution in [3.8, 4) is 0 Å². The van der Waals surface area contributed by atoms with Crippen LogP contribution in [0, 0.1) is 3.95 Å². The molecule has 0 bridgehead atoms. The van der Waals surface area contributed by atoms with Gasteiger partial charge < -0.3 is 4.57 Å². The molecule has 0 radical (unpaired) electrons. The van der Waals surface area contributed by atoms with E-state index in [1.54, 1.807) is 11.6 Å². The molecule has 62 valence electrons. The average Bonchev–Trinajstić information content (AvgIpc) is 2.11. The number of hydrogen-bond donors (Lipinski definition) is 0. The number of alkyl halides is 3. The van der Waals surface area contributed by atoms with Gasteiger partial charge in [-0.15, -0.1) is 0 Å². The lowest BCUT2D eigenvalue weighted by Crippen LogP contribution is -2.08. The lowest BCUT2D eigenvalue weighted by atomic mass is 10.7. The first-order valence-electron chi connectivity index (χ1n) is 2.53. The Bertz CT molecular complexity index is 310. The third-order valence-electron chi connectivity index (χ3n) is 1.06. The van der Waals surface area contributed by atoms with Crippen molar-refractivity contribution in [3.63, 3.8) is 0 Å². The highest BCUT2D eigenvalue weighted by atomic mass is 35.6. The molecule has 0 atom stereocenters. The molecule has 11 heavy (non-hydrogen) atoms. The van der Waals surface area contributed by atoms with Crippen LogP contribution in [0.5, 0.6) is 0 Å². The molecule has 7 heteroatoms. The molecule has 1 aromatic rings. The van der Waals surface area contributed by atoms with Gasteiger partial charge in [0.1, 0.15) is 0 Å². The number of nitrogens with zero attached hydrogens (tertiary/aromatic N) is 2. The van der Waals surface area contributed by atoms with E-state index in [1.165, 1.54) is 0 Å². The van der Waals surface area contributed by atoms with Crippen molar-refractivity contribution in [2.45, 2.75) is 3.79 Å². The molecule has 0 aliphatic heterocycles. The van der Waals surface area contributed by atoms with Gasteiger partial charge in [0.15, 0.2) is 9.78 Å². The molecule has 0 N–H and O–H groups in total. The Balaban J connectivity index is 3.26. The zero-order valence-corrected chi connectivity index (χ0v) is 9.25. The maximum atomic E-state index is 5.59. The van der Waals surface area contributed by atoms with Crippen LogP contribution >= 0.6 is 58.6 Å². The van der Waals surface area contributed by atoms with Crippen LogP contribution in [0.15, 0.2) is 0 Å². The summed E-state index contributed by atoms with van der Waals surface area (Å²) in [5.41, 5.74) is 0. The topological polar surface area (TPSA) is 17.8 Å². The highest BCUT2D eigenvalue weighted by Gasteiger charge is 2.28.